The molecule has 0 saturated carbocycles. The molecule has 0 aliphatic heterocycles. The fraction of sp³-hybridized carbons (Fsp3) is 0.118. The third kappa shape index (κ3) is 3.60. The zero-order chi connectivity index (χ0) is 19.1. The van der Waals surface area contributed by atoms with Gasteiger partial charge >= 0.3 is 0 Å². The Kier molecular flexibility index (Phi) is 4.94. The Hall–Kier alpha value is -1.93. The van der Waals surface area contributed by atoms with Crippen LogP contribution in [-0.2, 0) is 6.61 Å². The Balaban J connectivity index is 1.62. The van der Waals surface area contributed by atoms with Crippen molar-refractivity contribution < 1.29 is 9.13 Å². The average Bonchev–Trinajstić information content (AvgIpc) is 3.20. The fourth-order valence-corrected chi connectivity index (χ4v) is 3.93. The minimum absolute atomic E-state index is 0.0425. The van der Waals surface area contributed by atoms with Gasteiger partial charge in [-0.05, 0) is 42.8 Å². The molecule has 27 heavy (non-hydrogen) atoms. The van der Waals surface area contributed by atoms with Crippen LogP contribution in [0.4, 0.5) is 4.39 Å². The molecular weight excluding hydrogens is 434 g/mol. The number of rotatable bonds is 4. The van der Waals surface area contributed by atoms with Crippen LogP contribution >= 0.6 is 46.1 Å². The Bertz CT molecular complexity index is 1160. The first-order valence-corrected chi connectivity index (χ1v) is 9.62. The molecule has 5 nitrogen and oxygen atoms in total. The summed E-state index contributed by atoms with van der Waals surface area (Å²) >= 11 is 19.2. The maximum Gasteiger partial charge on any atom is 0.235 e. The first-order valence-electron chi connectivity index (χ1n) is 7.67. The van der Waals surface area contributed by atoms with Crippen molar-refractivity contribution in [1.82, 2.24) is 19.8 Å². The van der Waals surface area contributed by atoms with E-state index in [0.29, 0.717) is 37.2 Å². The van der Waals surface area contributed by atoms with E-state index in [2.05, 4.69) is 15.3 Å². The van der Waals surface area contributed by atoms with Gasteiger partial charge in [-0.3, -0.25) is 0 Å². The smallest absolute Gasteiger partial charge is 0.235 e. The number of aromatic nitrogens is 4. The molecule has 2 heterocycles. The molecule has 0 saturated heterocycles. The minimum Gasteiger partial charge on any atom is -0.486 e. The predicted octanol–water partition coefficient (Wildman–Crippen LogP) is 5.84. The molecule has 0 N–H and O–H groups in total. The van der Waals surface area contributed by atoms with Crippen LogP contribution in [0, 0.1) is 12.7 Å². The van der Waals surface area contributed by atoms with E-state index in [-0.39, 0.29) is 11.6 Å². The standard InChI is InChI=1S/C17H10Cl3FN4OS/c1-8-4-9(2-3-11(8)18)26-7-15-22-23-17-25(15)24-16(27-17)10-5-14(21)13(20)6-12(10)19/h2-6H,7H2,1H3. The van der Waals surface area contributed by atoms with Crippen molar-refractivity contribution in [1.29, 1.82) is 0 Å². The van der Waals surface area contributed by atoms with Gasteiger partial charge in [0.2, 0.25) is 4.96 Å². The largest absolute Gasteiger partial charge is 0.486 e. The zero-order valence-corrected chi connectivity index (χ0v) is 16.8. The molecule has 0 spiro atoms. The number of halogens is 4. The van der Waals surface area contributed by atoms with Gasteiger partial charge in [0.15, 0.2) is 5.82 Å². The number of hydrogen-bond acceptors (Lipinski definition) is 5. The van der Waals surface area contributed by atoms with Crippen molar-refractivity contribution in [3.8, 4) is 16.3 Å². The van der Waals surface area contributed by atoms with Crippen molar-refractivity contribution in [2.24, 2.45) is 0 Å². The lowest BCUT2D eigenvalue weighted by atomic mass is 10.2. The van der Waals surface area contributed by atoms with Gasteiger partial charge in [0.25, 0.3) is 0 Å². The van der Waals surface area contributed by atoms with Gasteiger partial charge in [0, 0.05) is 10.6 Å². The Labute approximate surface area is 172 Å². The third-order valence-corrected chi connectivity index (χ3v) is 5.75. The van der Waals surface area contributed by atoms with Crippen LogP contribution in [0.2, 0.25) is 15.1 Å². The van der Waals surface area contributed by atoms with Crippen LogP contribution in [0.3, 0.4) is 0 Å². The first-order chi connectivity index (χ1) is 12.9. The summed E-state index contributed by atoms with van der Waals surface area (Å²) in [5.41, 5.74) is 1.35. The molecule has 0 unspecified atom stereocenters. The lowest BCUT2D eigenvalue weighted by Gasteiger charge is -2.06. The number of aryl methyl sites for hydroxylation is 1. The molecule has 0 atom stereocenters. The summed E-state index contributed by atoms with van der Waals surface area (Å²) < 4.78 is 21.1. The summed E-state index contributed by atoms with van der Waals surface area (Å²) in [6.45, 7) is 2.06. The van der Waals surface area contributed by atoms with Crippen LogP contribution in [0.15, 0.2) is 30.3 Å². The second-order valence-corrected chi connectivity index (χ2v) is 7.84. The summed E-state index contributed by atoms with van der Waals surface area (Å²) in [6, 6.07) is 7.98. The Morgan fingerprint density at radius 1 is 1.07 bits per heavy atom. The van der Waals surface area contributed by atoms with Crippen molar-refractivity contribution >= 4 is 51.1 Å². The van der Waals surface area contributed by atoms with E-state index in [1.165, 1.54) is 23.5 Å². The number of hydrogen-bond donors (Lipinski definition) is 0. The second-order valence-electron chi connectivity index (χ2n) is 5.66. The third-order valence-electron chi connectivity index (χ3n) is 3.79. The Morgan fingerprint density at radius 2 is 1.89 bits per heavy atom. The highest BCUT2D eigenvalue weighted by molar-refractivity contribution is 7.19. The van der Waals surface area contributed by atoms with Crippen molar-refractivity contribution in [2.45, 2.75) is 13.5 Å². The van der Waals surface area contributed by atoms with Crippen LogP contribution in [0.25, 0.3) is 15.5 Å². The normalized spacial score (nSPS) is 11.3. The van der Waals surface area contributed by atoms with E-state index in [1.807, 2.05) is 13.0 Å². The van der Waals surface area contributed by atoms with Gasteiger partial charge in [-0.25, -0.2) is 4.39 Å². The highest BCUT2D eigenvalue weighted by Crippen LogP contribution is 2.34. The van der Waals surface area contributed by atoms with Gasteiger partial charge in [0.1, 0.15) is 23.2 Å². The molecule has 4 aromatic rings. The molecule has 0 aliphatic carbocycles. The van der Waals surface area contributed by atoms with Gasteiger partial charge in [-0.1, -0.05) is 46.1 Å². The van der Waals surface area contributed by atoms with E-state index < -0.39 is 5.82 Å². The van der Waals surface area contributed by atoms with Crippen molar-refractivity contribution in [2.75, 3.05) is 0 Å². The van der Waals surface area contributed by atoms with Gasteiger partial charge < -0.3 is 4.74 Å². The van der Waals surface area contributed by atoms with Crippen LogP contribution < -0.4 is 4.74 Å². The topological polar surface area (TPSA) is 52.3 Å². The maximum atomic E-state index is 13.8. The summed E-state index contributed by atoms with van der Waals surface area (Å²) in [5.74, 6) is 0.598. The molecular formula is C17H10Cl3FN4OS. The van der Waals surface area contributed by atoms with E-state index in [4.69, 9.17) is 39.5 Å². The summed E-state index contributed by atoms with van der Waals surface area (Å²) in [5, 5.41) is 14.0. The molecule has 2 aromatic heterocycles. The lowest BCUT2D eigenvalue weighted by Crippen LogP contribution is -2.02. The van der Waals surface area contributed by atoms with Crippen molar-refractivity contribution in [3.63, 3.8) is 0 Å². The maximum absolute atomic E-state index is 13.8. The van der Waals surface area contributed by atoms with Crippen LogP contribution in [0.1, 0.15) is 11.4 Å². The van der Waals surface area contributed by atoms with E-state index in [9.17, 15) is 4.39 Å². The second kappa shape index (κ2) is 7.24. The van der Waals surface area contributed by atoms with Crippen LogP contribution in [-0.4, -0.2) is 19.8 Å². The lowest BCUT2D eigenvalue weighted by molar-refractivity contribution is 0.292. The number of benzene rings is 2. The molecule has 0 radical (unpaired) electrons. The quantitative estimate of drug-likeness (QED) is 0.372. The highest BCUT2D eigenvalue weighted by atomic mass is 35.5. The van der Waals surface area contributed by atoms with Gasteiger partial charge in [0.05, 0.1) is 10.0 Å². The summed E-state index contributed by atoms with van der Waals surface area (Å²) in [7, 11) is 0. The molecule has 4 rings (SSSR count). The first kappa shape index (κ1) is 18.4. The molecule has 0 bridgehead atoms. The SMILES string of the molecule is Cc1cc(OCc2nnc3sc(-c4cc(F)c(Cl)cc4Cl)nn23)ccc1Cl. The number of fused-ring (bicyclic) bond motifs is 1. The number of ether oxygens (including phenoxy) is 1. The summed E-state index contributed by atoms with van der Waals surface area (Å²) in [4.78, 5) is 0.544. The predicted molar refractivity (Wildman–Crippen MR) is 105 cm³/mol. The zero-order valence-electron chi connectivity index (χ0n) is 13.7. The molecule has 10 heteroatoms. The minimum atomic E-state index is -0.566. The van der Waals surface area contributed by atoms with E-state index in [1.54, 1.807) is 16.6 Å². The molecule has 138 valence electrons. The van der Waals surface area contributed by atoms with Crippen LogP contribution in [0.5, 0.6) is 5.75 Å². The highest BCUT2D eigenvalue weighted by Gasteiger charge is 2.17. The molecule has 0 fully saturated rings. The number of nitrogens with zero attached hydrogens (tertiary/aromatic N) is 4. The van der Waals surface area contributed by atoms with E-state index in [0.717, 1.165) is 5.56 Å². The molecule has 0 amide bonds. The van der Waals surface area contributed by atoms with E-state index >= 15 is 0 Å². The fourth-order valence-electron chi connectivity index (χ4n) is 2.40. The van der Waals surface area contributed by atoms with Gasteiger partial charge in [-0.15, -0.1) is 10.2 Å². The Morgan fingerprint density at radius 3 is 2.67 bits per heavy atom. The molecule has 0 aliphatic rings. The summed E-state index contributed by atoms with van der Waals surface area (Å²) in [6.07, 6.45) is 0. The monoisotopic (exact) mass is 442 g/mol. The average molecular weight is 444 g/mol. The molecule has 2 aromatic carbocycles. The van der Waals surface area contributed by atoms with Gasteiger partial charge in [-0.2, -0.15) is 9.61 Å². The van der Waals surface area contributed by atoms with Crippen molar-refractivity contribution in [3.05, 3.63) is 62.6 Å².